The van der Waals surface area contributed by atoms with Crippen LogP contribution in [-0.2, 0) is 0 Å². The fourth-order valence-electron chi connectivity index (χ4n) is 2.55. The molecule has 114 valence electrons. The maximum Gasteiger partial charge on any atom is 0.274 e. The molecule has 3 rings (SSSR count). The summed E-state index contributed by atoms with van der Waals surface area (Å²) in [4.78, 5) is 23.9. The number of nitrogens with zero attached hydrogens (tertiary/aromatic N) is 3. The summed E-state index contributed by atoms with van der Waals surface area (Å²) < 4.78 is 0. The molecule has 22 heavy (non-hydrogen) atoms. The van der Waals surface area contributed by atoms with E-state index in [1.165, 1.54) is 4.90 Å². The van der Waals surface area contributed by atoms with Crippen LogP contribution in [-0.4, -0.2) is 39.6 Å². The van der Waals surface area contributed by atoms with Crippen molar-refractivity contribution < 1.29 is 4.79 Å². The van der Waals surface area contributed by atoms with Crippen LogP contribution in [0.25, 0.3) is 0 Å². The molecule has 5 heteroatoms. The van der Waals surface area contributed by atoms with Gasteiger partial charge in [0.25, 0.3) is 5.91 Å². The lowest BCUT2D eigenvalue weighted by Crippen LogP contribution is -2.29. The summed E-state index contributed by atoms with van der Waals surface area (Å²) >= 11 is 1.86. The molecule has 0 unspecified atom stereocenters. The molecule has 1 aliphatic heterocycles. The average molecular weight is 313 g/mol. The Morgan fingerprint density at radius 1 is 1.27 bits per heavy atom. The van der Waals surface area contributed by atoms with Crippen molar-refractivity contribution in [1.29, 1.82) is 0 Å². The largest absolute Gasteiger partial charge is 0.337 e. The second kappa shape index (κ2) is 6.92. The van der Waals surface area contributed by atoms with Gasteiger partial charge in [-0.25, -0.2) is 4.98 Å². The fraction of sp³-hybridized carbons (Fsp3) is 0.353. The molecule has 1 aromatic heterocycles. The Morgan fingerprint density at radius 3 is 2.82 bits per heavy atom. The number of aryl methyl sites for hydroxylation is 1. The van der Waals surface area contributed by atoms with Crippen LogP contribution < -0.4 is 0 Å². The van der Waals surface area contributed by atoms with Gasteiger partial charge in [-0.15, -0.1) is 11.8 Å². The summed E-state index contributed by atoms with van der Waals surface area (Å²) in [5, 5.41) is 0. The van der Waals surface area contributed by atoms with Crippen molar-refractivity contribution in [1.82, 2.24) is 14.9 Å². The number of thioether (sulfide) groups is 1. The van der Waals surface area contributed by atoms with Crippen LogP contribution in [0.4, 0.5) is 0 Å². The molecule has 1 atom stereocenters. The van der Waals surface area contributed by atoms with Crippen molar-refractivity contribution in [3.8, 4) is 0 Å². The zero-order chi connectivity index (χ0) is 15.4. The summed E-state index contributed by atoms with van der Waals surface area (Å²) in [6.07, 6.45) is 4.28. The van der Waals surface area contributed by atoms with E-state index < -0.39 is 0 Å². The van der Waals surface area contributed by atoms with E-state index in [-0.39, 0.29) is 5.91 Å². The summed E-state index contributed by atoms with van der Waals surface area (Å²) in [5.41, 5.74) is 1.28. The summed E-state index contributed by atoms with van der Waals surface area (Å²) in [5.74, 6) is 1.60. The number of aromatic nitrogens is 2. The Kier molecular flexibility index (Phi) is 4.73. The zero-order valence-corrected chi connectivity index (χ0v) is 13.4. The van der Waals surface area contributed by atoms with Gasteiger partial charge >= 0.3 is 0 Å². The van der Waals surface area contributed by atoms with Crippen molar-refractivity contribution in [3.05, 3.63) is 54.1 Å². The lowest BCUT2D eigenvalue weighted by Gasteiger charge is -2.15. The van der Waals surface area contributed by atoms with Gasteiger partial charge in [-0.1, -0.05) is 18.2 Å². The van der Waals surface area contributed by atoms with Gasteiger partial charge in [0.1, 0.15) is 5.69 Å². The van der Waals surface area contributed by atoms with Crippen molar-refractivity contribution in [2.24, 2.45) is 5.92 Å². The minimum absolute atomic E-state index is 0.000267. The smallest absolute Gasteiger partial charge is 0.274 e. The predicted molar refractivity (Wildman–Crippen MR) is 87.9 cm³/mol. The van der Waals surface area contributed by atoms with Gasteiger partial charge in [0.15, 0.2) is 0 Å². The standard InChI is InChI=1S/C17H19N3OS/c1-13-9-19-16(10-18-13)17(21)20-8-7-14(11-20)12-22-15-5-3-2-4-6-15/h2-6,9-10,14H,7-8,11-12H2,1H3/t14-/m0/s1. The summed E-state index contributed by atoms with van der Waals surface area (Å²) in [6, 6.07) is 10.4. The van der Waals surface area contributed by atoms with Crippen molar-refractivity contribution in [2.45, 2.75) is 18.2 Å². The highest BCUT2D eigenvalue weighted by Gasteiger charge is 2.27. The zero-order valence-electron chi connectivity index (χ0n) is 12.6. The number of hydrogen-bond acceptors (Lipinski definition) is 4. The van der Waals surface area contributed by atoms with Crippen LogP contribution >= 0.6 is 11.8 Å². The molecule has 4 nitrogen and oxygen atoms in total. The number of carbonyl (C=O) groups is 1. The van der Waals surface area contributed by atoms with Crippen LogP contribution in [0.15, 0.2) is 47.6 Å². The number of amides is 1. The van der Waals surface area contributed by atoms with Crippen molar-refractivity contribution >= 4 is 17.7 Å². The molecule has 1 amide bonds. The van der Waals surface area contributed by atoms with E-state index in [1.807, 2.05) is 29.7 Å². The van der Waals surface area contributed by atoms with Crippen LogP contribution in [0.5, 0.6) is 0 Å². The van der Waals surface area contributed by atoms with Crippen LogP contribution in [0.3, 0.4) is 0 Å². The van der Waals surface area contributed by atoms with Crippen LogP contribution in [0, 0.1) is 12.8 Å². The van der Waals surface area contributed by atoms with Gasteiger partial charge in [-0.3, -0.25) is 9.78 Å². The third kappa shape index (κ3) is 3.65. The normalized spacial score (nSPS) is 17.7. The third-order valence-corrected chi connectivity index (χ3v) is 5.05. The summed E-state index contributed by atoms with van der Waals surface area (Å²) in [6.45, 7) is 3.50. The highest BCUT2D eigenvalue weighted by Crippen LogP contribution is 2.26. The van der Waals surface area contributed by atoms with Crippen LogP contribution in [0.1, 0.15) is 22.6 Å². The van der Waals surface area contributed by atoms with Crippen molar-refractivity contribution in [2.75, 3.05) is 18.8 Å². The van der Waals surface area contributed by atoms with E-state index in [1.54, 1.807) is 12.4 Å². The molecule has 2 aromatic rings. The Bertz CT molecular complexity index is 630. The molecular weight excluding hydrogens is 294 g/mol. The van der Waals surface area contributed by atoms with E-state index in [0.717, 1.165) is 31.0 Å². The molecular formula is C17H19N3OS. The molecule has 1 fully saturated rings. The highest BCUT2D eigenvalue weighted by atomic mass is 32.2. The van der Waals surface area contributed by atoms with E-state index in [4.69, 9.17) is 0 Å². The molecule has 0 bridgehead atoms. The monoisotopic (exact) mass is 313 g/mol. The molecule has 0 radical (unpaired) electrons. The van der Waals surface area contributed by atoms with Gasteiger partial charge in [0.05, 0.1) is 11.9 Å². The molecule has 2 heterocycles. The number of hydrogen-bond donors (Lipinski definition) is 0. The second-order valence-electron chi connectivity index (χ2n) is 5.57. The third-order valence-electron chi connectivity index (χ3n) is 3.80. The maximum atomic E-state index is 12.4. The molecule has 0 N–H and O–H groups in total. The molecule has 1 aliphatic rings. The Balaban J connectivity index is 1.53. The first-order valence-corrected chi connectivity index (χ1v) is 8.46. The topological polar surface area (TPSA) is 46.1 Å². The van der Waals surface area contributed by atoms with E-state index in [2.05, 4.69) is 34.2 Å². The van der Waals surface area contributed by atoms with Crippen LogP contribution in [0.2, 0.25) is 0 Å². The van der Waals surface area contributed by atoms with E-state index >= 15 is 0 Å². The van der Waals surface area contributed by atoms with E-state index in [0.29, 0.717) is 11.6 Å². The Labute approximate surface area is 135 Å². The SMILES string of the molecule is Cc1cnc(C(=O)N2CC[C@H](CSc3ccccc3)C2)cn1. The number of likely N-dealkylation sites (tertiary alicyclic amines) is 1. The molecule has 1 aromatic carbocycles. The first kappa shape index (κ1) is 15.0. The Morgan fingerprint density at radius 2 is 2.09 bits per heavy atom. The number of rotatable bonds is 4. The van der Waals surface area contributed by atoms with Gasteiger partial charge in [-0.2, -0.15) is 0 Å². The van der Waals surface area contributed by atoms with E-state index in [9.17, 15) is 4.79 Å². The minimum Gasteiger partial charge on any atom is -0.337 e. The van der Waals surface area contributed by atoms with Gasteiger partial charge < -0.3 is 4.90 Å². The lowest BCUT2D eigenvalue weighted by atomic mass is 10.2. The summed E-state index contributed by atoms with van der Waals surface area (Å²) in [7, 11) is 0. The molecule has 0 saturated carbocycles. The van der Waals surface area contributed by atoms with Gasteiger partial charge in [0, 0.05) is 29.9 Å². The first-order chi connectivity index (χ1) is 10.7. The van der Waals surface area contributed by atoms with Gasteiger partial charge in [-0.05, 0) is 31.4 Å². The molecule has 1 saturated heterocycles. The minimum atomic E-state index is -0.000267. The van der Waals surface area contributed by atoms with Crippen molar-refractivity contribution in [3.63, 3.8) is 0 Å². The first-order valence-electron chi connectivity index (χ1n) is 7.48. The average Bonchev–Trinajstić information content (AvgIpc) is 3.03. The Hall–Kier alpha value is -1.88. The number of benzene rings is 1. The number of carbonyl (C=O) groups excluding carboxylic acids is 1. The van der Waals surface area contributed by atoms with Gasteiger partial charge in [0.2, 0.25) is 0 Å². The lowest BCUT2D eigenvalue weighted by molar-refractivity contribution is 0.0782. The predicted octanol–water partition coefficient (Wildman–Crippen LogP) is 3.04. The second-order valence-corrected chi connectivity index (χ2v) is 6.67. The maximum absolute atomic E-state index is 12.4. The molecule has 0 aliphatic carbocycles. The quantitative estimate of drug-likeness (QED) is 0.814. The fourth-order valence-corrected chi connectivity index (χ4v) is 3.60. The molecule has 0 spiro atoms. The highest BCUT2D eigenvalue weighted by molar-refractivity contribution is 7.99.